The lowest BCUT2D eigenvalue weighted by molar-refractivity contribution is -0.137. The quantitative estimate of drug-likeness (QED) is 0.379. The largest absolute Gasteiger partial charge is 0.461 e. The average Bonchev–Trinajstić information content (AvgIpc) is 2.43. The molecule has 0 aromatic heterocycles. The van der Waals surface area contributed by atoms with Crippen LogP contribution < -0.4 is 5.43 Å². The van der Waals surface area contributed by atoms with E-state index in [0.717, 1.165) is 30.5 Å². The molecule has 0 spiro atoms. The predicted molar refractivity (Wildman–Crippen MR) is 69.4 cm³/mol. The Morgan fingerprint density at radius 1 is 1.38 bits per heavy atom. The molecule has 0 saturated heterocycles. The number of halogens is 3. The number of benzene rings is 1. The minimum absolute atomic E-state index is 0.0946. The molecule has 6 nitrogen and oxygen atoms in total. The fraction of sp³-hybridized carbons (Fsp3) is 0.250. The van der Waals surface area contributed by atoms with Gasteiger partial charge in [-0.05, 0) is 31.2 Å². The minimum Gasteiger partial charge on any atom is -0.461 e. The SMILES string of the molecule is CCOC(=O)C(C=NO)=NNc1ccc(C(F)(F)F)cc1. The predicted octanol–water partition coefficient (Wildman–Crippen LogP) is 2.50. The third-order valence-electron chi connectivity index (χ3n) is 2.18. The Kier molecular flexibility index (Phi) is 5.70. The van der Waals surface area contributed by atoms with E-state index in [-0.39, 0.29) is 18.0 Å². The highest BCUT2D eigenvalue weighted by Crippen LogP contribution is 2.29. The van der Waals surface area contributed by atoms with Gasteiger partial charge in [0, 0.05) is 0 Å². The number of esters is 1. The third kappa shape index (κ3) is 5.13. The maximum absolute atomic E-state index is 12.4. The standard InChI is InChI=1S/C12H12F3N3O3/c1-2-21-11(19)10(7-16-20)18-17-9-5-3-8(4-6-9)12(13,14)15/h3-7,17,20H,2H2,1H3. The third-order valence-corrected chi connectivity index (χ3v) is 2.18. The van der Waals surface area contributed by atoms with Gasteiger partial charge in [0.25, 0.3) is 0 Å². The van der Waals surface area contributed by atoms with Crippen molar-refractivity contribution in [3.63, 3.8) is 0 Å². The van der Waals surface area contributed by atoms with Crippen LogP contribution >= 0.6 is 0 Å². The van der Waals surface area contributed by atoms with Crippen LogP contribution in [-0.2, 0) is 15.7 Å². The fourth-order valence-electron chi connectivity index (χ4n) is 1.25. The van der Waals surface area contributed by atoms with E-state index in [2.05, 4.69) is 20.4 Å². The maximum atomic E-state index is 12.4. The zero-order chi connectivity index (χ0) is 15.9. The van der Waals surface area contributed by atoms with E-state index < -0.39 is 17.7 Å². The molecule has 0 atom stereocenters. The van der Waals surface area contributed by atoms with Crippen molar-refractivity contribution in [3.8, 4) is 0 Å². The fourth-order valence-corrected chi connectivity index (χ4v) is 1.25. The molecule has 0 aliphatic carbocycles. The van der Waals surface area contributed by atoms with Crippen molar-refractivity contribution in [2.75, 3.05) is 12.0 Å². The highest BCUT2D eigenvalue weighted by atomic mass is 19.4. The molecule has 9 heteroatoms. The molecule has 21 heavy (non-hydrogen) atoms. The summed E-state index contributed by atoms with van der Waals surface area (Å²) in [5.41, 5.74) is 1.44. The Bertz CT molecular complexity index is 539. The van der Waals surface area contributed by atoms with Gasteiger partial charge >= 0.3 is 12.1 Å². The van der Waals surface area contributed by atoms with Gasteiger partial charge in [0.1, 0.15) is 6.21 Å². The van der Waals surface area contributed by atoms with Crippen molar-refractivity contribution in [3.05, 3.63) is 29.8 Å². The number of nitrogens with one attached hydrogen (secondary N) is 1. The number of ether oxygens (including phenoxy) is 1. The summed E-state index contributed by atoms with van der Waals surface area (Å²) in [6, 6.07) is 4.01. The van der Waals surface area contributed by atoms with E-state index in [1.54, 1.807) is 6.92 Å². The highest BCUT2D eigenvalue weighted by Gasteiger charge is 2.29. The Labute approximate surface area is 117 Å². The summed E-state index contributed by atoms with van der Waals surface area (Å²) >= 11 is 0. The van der Waals surface area contributed by atoms with Crippen LogP contribution in [0.1, 0.15) is 12.5 Å². The molecule has 0 fully saturated rings. The second kappa shape index (κ2) is 7.27. The van der Waals surface area contributed by atoms with Gasteiger partial charge in [-0.3, -0.25) is 5.43 Å². The molecule has 0 saturated carbocycles. The van der Waals surface area contributed by atoms with Crippen LogP contribution in [0.3, 0.4) is 0 Å². The first-order valence-electron chi connectivity index (χ1n) is 5.74. The molecule has 1 aromatic rings. The zero-order valence-corrected chi connectivity index (χ0v) is 10.9. The molecule has 114 valence electrons. The number of hydrazone groups is 1. The second-order valence-corrected chi connectivity index (χ2v) is 3.65. The number of nitrogens with zero attached hydrogens (tertiary/aromatic N) is 2. The molecular weight excluding hydrogens is 291 g/mol. The molecule has 0 radical (unpaired) electrons. The van der Waals surface area contributed by atoms with E-state index in [0.29, 0.717) is 0 Å². The first kappa shape index (κ1) is 16.5. The number of carbonyl (C=O) groups is 1. The van der Waals surface area contributed by atoms with Crippen molar-refractivity contribution in [1.29, 1.82) is 0 Å². The van der Waals surface area contributed by atoms with Gasteiger partial charge in [-0.25, -0.2) is 4.79 Å². The molecule has 0 bridgehead atoms. The van der Waals surface area contributed by atoms with Gasteiger partial charge in [0.2, 0.25) is 0 Å². The summed E-state index contributed by atoms with van der Waals surface area (Å²) in [5.74, 6) is -0.838. The number of oxime groups is 1. The number of hydrogen-bond donors (Lipinski definition) is 2. The van der Waals surface area contributed by atoms with E-state index >= 15 is 0 Å². The van der Waals surface area contributed by atoms with Crippen LogP contribution in [0.25, 0.3) is 0 Å². The Balaban J connectivity index is 2.83. The Hall–Kier alpha value is -2.58. The van der Waals surface area contributed by atoms with Crippen LogP contribution in [0.2, 0.25) is 0 Å². The van der Waals surface area contributed by atoms with E-state index in [9.17, 15) is 18.0 Å². The van der Waals surface area contributed by atoms with Crippen LogP contribution in [0.15, 0.2) is 34.5 Å². The van der Waals surface area contributed by atoms with Gasteiger partial charge in [-0.2, -0.15) is 18.3 Å². The second-order valence-electron chi connectivity index (χ2n) is 3.65. The van der Waals surface area contributed by atoms with Crippen molar-refractivity contribution in [1.82, 2.24) is 0 Å². The molecule has 1 aromatic carbocycles. The van der Waals surface area contributed by atoms with Crippen LogP contribution in [0, 0.1) is 0 Å². The number of hydrogen-bond acceptors (Lipinski definition) is 6. The monoisotopic (exact) mass is 303 g/mol. The number of anilines is 1. The minimum atomic E-state index is -4.43. The van der Waals surface area contributed by atoms with E-state index in [4.69, 9.17) is 5.21 Å². The summed E-state index contributed by atoms with van der Waals surface area (Å²) in [7, 11) is 0. The molecule has 0 unspecified atom stereocenters. The zero-order valence-electron chi connectivity index (χ0n) is 10.9. The number of carbonyl (C=O) groups excluding carboxylic acids is 1. The number of alkyl halides is 3. The van der Waals surface area contributed by atoms with Crippen LogP contribution in [0.4, 0.5) is 18.9 Å². The molecule has 1 rings (SSSR count). The average molecular weight is 303 g/mol. The lowest BCUT2D eigenvalue weighted by Gasteiger charge is -2.07. The normalized spacial score (nSPS) is 12.5. The van der Waals surface area contributed by atoms with Crippen LogP contribution in [-0.4, -0.2) is 29.7 Å². The summed E-state index contributed by atoms with van der Waals surface area (Å²) in [5, 5.41) is 14.7. The molecule has 0 aliphatic rings. The Morgan fingerprint density at radius 3 is 2.48 bits per heavy atom. The Morgan fingerprint density at radius 2 is 2.00 bits per heavy atom. The first-order valence-corrected chi connectivity index (χ1v) is 5.74. The van der Waals surface area contributed by atoms with Crippen molar-refractivity contribution < 1.29 is 27.9 Å². The molecular formula is C12H12F3N3O3. The summed E-state index contributed by atoms with van der Waals surface area (Å²) in [6.07, 6.45) is -3.68. The lowest BCUT2D eigenvalue weighted by atomic mass is 10.2. The smallest absolute Gasteiger partial charge is 0.416 e. The lowest BCUT2D eigenvalue weighted by Crippen LogP contribution is -2.20. The van der Waals surface area contributed by atoms with Gasteiger partial charge in [0.05, 0.1) is 17.9 Å². The van der Waals surface area contributed by atoms with E-state index in [1.165, 1.54) is 0 Å². The molecule has 0 aliphatic heterocycles. The molecule has 0 heterocycles. The van der Waals surface area contributed by atoms with E-state index in [1.807, 2.05) is 0 Å². The summed E-state index contributed by atoms with van der Waals surface area (Å²) < 4.78 is 41.8. The highest BCUT2D eigenvalue weighted by molar-refractivity contribution is 6.59. The van der Waals surface area contributed by atoms with Gasteiger partial charge in [0.15, 0.2) is 5.71 Å². The van der Waals surface area contributed by atoms with Crippen LogP contribution in [0.5, 0.6) is 0 Å². The van der Waals surface area contributed by atoms with Crippen molar-refractivity contribution >= 4 is 23.6 Å². The number of rotatable bonds is 5. The van der Waals surface area contributed by atoms with Gasteiger partial charge in [-0.1, -0.05) is 5.16 Å². The molecule has 2 N–H and O–H groups in total. The van der Waals surface area contributed by atoms with Gasteiger partial charge < -0.3 is 9.94 Å². The van der Waals surface area contributed by atoms with Gasteiger partial charge in [-0.15, -0.1) is 0 Å². The molecule has 0 amide bonds. The maximum Gasteiger partial charge on any atom is 0.416 e. The van der Waals surface area contributed by atoms with Crippen molar-refractivity contribution in [2.45, 2.75) is 13.1 Å². The summed E-state index contributed by atoms with van der Waals surface area (Å²) in [6.45, 7) is 1.67. The first-order chi connectivity index (χ1) is 9.88. The summed E-state index contributed by atoms with van der Waals surface area (Å²) in [4.78, 5) is 11.4. The topological polar surface area (TPSA) is 83.3 Å². The van der Waals surface area contributed by atoms with Crippen molar-refractivity contribution in [2.24, 2.45) is 10.3 Å².